The number of hydrogen-bond acceptors (Lipinski definition) is 2. The molecule has 3 nitrogen and oxygen atoms in total. The minimum absolute atomic E-state index is 0.263. The van der Waals surface area contributed by atoms with E-state index in [0.717, 1.165) is 0 Å². The number of nitrogen functional groups attached to an aromatic ring is 1. The summed E-state index contributed by atoms with van der Waals surface area (Å²) >= 11 is 11.7. The number of nitrogens with two attached hydrogens (primary N) is 1. The van der Waals surface area contributed by atoms with Crippen LogP contribution in [0, 0.1) is 0 Å². The molecule has 0 heterocycles. The summed E-state index contributed by atoms with van der Waals surface area (Å²) < 4.78 is 0. The van der Waals surface area contributed by atoms with Gasteiger partial charge in [0.05, 0.1) is 0 Å². The van der Waals surface area contributed by atoms with Crippen molar-refractivity contribution in [1.82, 2.24) is 0 Å². The average Bonchev–Trinajstić information content (AvgIpc) is 2.27. The molecule has 0 unspecified atom stereocenters. The van der Waals surface area contributed by atoms with Crippen LogP contribution in [0.4, 0.5) is 11.4 Å². The SMILES string of the molecule is Nc1cccc(C(=O)Nc2cc(Cl)cc(Cl)c2)c1. The fourth-order valence-electron chi connectivity index (χ4n) is 1.51. The Morgan fingerprint density at radius 3 is 2.33 bits per heavy atom. The van der Waals surface area contributed by atoms with Gasteiger partial charge in [0.15, 0.2) is 0 Å². The molecule has 0 aliphatic rings. The van der Waals surface area contributed by atoms with Gasteiger partial charge in [-0.05, 0) is 36.4 Å². The van der Waals surface area contributed by atoms with Gasteiger partial charge >= 0.3 is 0 Å². The van der Waals surface area contributed by atoms with Crippen molar-refractivity contribution >= 4 is 40.5 Å². The summed E-state index contributed by atoms with van der Waals surface area (Å²) in [4.78, 5) is 11.9. The highest BCUT2D eigenvalue weighted by atomic mass is 35.5. The standard InChI is InChI=1S/C13H10Cl2N2O/c14-9-5-10(15)7-12(6-9)17-13(18)8-2-1-3-11(16)4-8/h1-7H,16H2,(H,17,18). The zero-order valence-corrected chi connectivity index (χ0v) is 10.8. The molecule has 92 valence electrons. The van der Waals surface area contributed by atoms with E-state index in [9.17, 15) is 4.79 Å². The molecule has 0 bridgehead atoms. The quantitative estimate of drug-likeness (QED) is 0.822. The summed E-state index contributed by atoms with van der Waals surface area (Å²) in [6, 6.07) is 11.6. The molecule has 2 rings (SSSR count). The Morgan fingerprint density at radius 2 is 1.72 bits per heavy atom. The van der Waals surface area contributed by atoms with Crippen LogP contribution in [-0.4, -0.2) is 5.91 Å². The largest absolute Gasteiger partial charge is 0.399 e. The topological polar surface area (TPSA) is 55.1 Å². The molecule has 2 aromatic carbocycles. The van der Waals surface area contributed by atoms with Gasteiger partial charge in [-0.3, -0.25) is 4.79 Å². The second kappa shape index (κ2) is 5.29. The minimum atomic E-state index is -0.263. The number of rotatable bonds is 2. The molecule has 0 saturated carbocycles. The van der Waals surface area contributed by atoms with E-state index in [1.807, 2.05) is 0 Å². The molecule has 1 amide bonds. The molecular formula is C13H10Cl2N2O. The van der Waals surface area contributed by atoms with Crippen LogP contribution >= 0.6 is 23.2 Å². The monoisotopic (exact) mass is 280 g/mol. The Hall–Kier alpha value is -1.71. The Kier molecular flexibility index (Phi) is 3.75. The first-order valence-corrected chi connectivity index (χ1v) is 5.93. The van der Waals surface area contributed by atoms with Crippen molar-refractivity contribution in [2.45, 2.75) is 0 Å². The first kappa shape index (κ1) is 12.7. The smallest absolute Gasteiger partial charge is 0.255 e. The third-order valence-electron chi connectivity index (χ3n) is 2.27. The molecule has 0 fully saturated rings. The van der Waals surface area contributed by atoms with Gasteiger partial charge in [0.25, 0.3) is 5.91 Å². The lowest BCUT2D eigenvalue weighted by Crippen LogP contribution is -2.12. The van der Waals surface area contributed by atoms with Gasteiger partial charge in [0, 0.05) is 27.0 Å². The van der Waals surface area contributed by atoms with Gasteiger partial charge in [-0.1, -0.05) is 29.3 Å². The van der Waals surface area contributed by atoms with Gasteiger partial charge in [0.1, 0.15) is 0 Å². The fourth-order valence-corrected chi connectivity index (χ4v) is 2.04. The molecule has 18 heavy (non-hydrogen) atoms. The summed E-state index contributed by atoms with van der Waals surface area (Å²) in [6.45, 7) is 0. The van der Waals surface area contributed by atoms with Gasteiger partial charge < -0.3 is 11.1 Å². The Morgan fingerprint density at radius 1 is 1.06 bits per heavy atom. The van der Waals surface area contributed by atoms with Crippen LogP contribution in [0.25, 0.3) is 0 Å². The average molecular weight is 281 g/mol. The van der Waals surface area contributed by atoms with E-state index in [-0.39, 0.29) is 5.91 Å². The second-order valence-corrected chi connectivity index (χ2v) is 4.61. The first-order valence-electron chi connectivity index (χ1n) is 5.17. The summed E-state index contributed by atoms with van der Waals surface area (Å²) in [5.41, 5.74) is 7.17. The van der Waals surface area contributed by atoms with E-state index in [1.54, 1.807) is 42.5 Å². The zero-order chi connectivity index (χ0) is 13.1. The number of anilines is 2. The lowest BCUT2D eigenvalue weighted by Gasteiger charge is -2.06. The number of amides is 1. The number of carbonyl (C=O) groups is 1. The van der Waals surface area contributed by atoms with Crippen LogP contribution in [0.5, 0.6) is 0 Å². The van der Waals surface area contributed by atoms with Crippen LogP contribution in [0.15, 0.2) is 42.5 Å². The number of halogens is 2. The third kappa shape index (κ3) is 3.15. The van der Waals surface area contributed by atoms with E-state index in [0.29, 0.717) is 27.0 Å². The predicted molar refractivity (Wildman–Crippen MR) is 75.3 cm³/mol. The minimum Gasteiger partial charge on any atom is -0.399 e. The fraction of sp³-hybridized carbons (Fsp3) is 0. The lowest BCUT2D eigenvalue weighted by atomic mass is 10.2. The normalized spacial score (nSPS) is 10.1. The Bertz CT molecular complexity index is 579. The molecule has 0 saturated heterocycles. The van der Waals surface area contributed by atoms with Crippen molar-refractivity contribution in [3.63, 3.8) is 0 Å². The summed E-state index contributed by atoms with van der Waals surface area (Å²) in [6.07, 6.45) is 0. The molecule has 0 aliphatic carbocycles. The van der Waals surface area contributed by atoms with Crippen LogP contribution in [0.3, 0.4) is 0 Å². The molecule has 5 heteroatoms. The van der Waals surface area contributed by atoms with Crippen molar-refractivity contribution in [2.24, 2.45) is 0 Å². The maximum atomic E-state index is 11.9. The van der Waals surface area contributed by atoms with Crippen molar-refractivity contribution in [2.75, 3.05) is 11.1 Å². The van der Waals surface area contributed by atoms with E-state index < -0.39 is 0 Å². The van der Waals surface area contributed by atoms with E-state index in [2.05, 4.69) is 5.32 Å². The highest BCUT2D eigenvalue weighted by Crippen LogP contribution is 2.23. The van der Waals surface area contributed by atoms with E-state index in [1.165, 1.54) is 0 Å². The number of nitrogens with one attached hydrogen (secondary N) is 1. The Balaban J connectivity index is 2.21. The molecule has 0 atom stereocenters. The summed E-state index contributed by atoms with van der Waals surface area (Å²) in [5, 5.41) is 3.63. The molecule has 0 aromatic heterocycles. The van der Waals surface area contributed by atoms with Crippen molar-refractivity contribution in [3.8, 4) is 0 Å². The van der Waals surface area contributed by atoms with Gasteiger partial charge in [-0.25, -0.2) is 0 Å². The van der Waals surface area contributed by atoms with Crippen molar-refractivity contribution < 1.29 is 4.79 Å². The first-order chi connectivity index (χ1) is 8.54. The van der Waals surface area contributed by atoms with Crippen molar-refractivity contribution in [1.29, 1.82) is 0 Å². The van der Waals surface area contributed by atoms with Crippen LogP contribution in [-0.2, 0) is 0 Å². The highest BCUT2D eigenvalue weighted by molar-refractivity contribution is 6.35. The van der Waals surface area contributed by atoms with Crippen LogP contribution in [0.2, 0.25) is 10.0 Å². The maximum absolute atomic E-state index is 11.9. The molecule has 3 N–H and O–H groups in total. The van der Waals surface area contributed by atoms with Gasteiger partial charge in [-0.2, -0.15) is 0 Å². The number of benzene rings is 2. The molecule has 0 spiro atoms. The van der Waals surface area contributed by atoms with Gasteiger partial charge in [0.2, 0.25) is 0 Å². The molecular weight excluding hydrogens is 271 g/mol. The highest BCUT2D eigenvalue weighted by Gasteiger charge is 2.07. The van der Waals surface area contributed by atoms with E-state index in [4.69, 9.17) is 28.9 Å². The summed E-state index contributed by atoms with van der Waals surface area (Å²) in [7, 11) is 0. The van der Waals surface area contributed by atoms with E-state index >= 15 is 0 Å². The zero-order valence-electron chi connectivity index (χ0n) is 9.28. The Labute approximate surface area is 115 Å². The summed E-state index contributed by atoms with van der Waals surface area (Å²) in [5.74, 6) is -0.263. The molecule has 0 aliphatic heterocycles. The van der Waals surface area contributed by atoms with Crippen LogP contribution < -0.4 is 11.1 Å². The number of hydrogen-bond donors (Lipinski definition) is 2. The predicted octanol–water partition coefficient (Wildman–Crippen LogP) is 3.83. The lowest BCUT2D eigenvalue weighted by molar-refractivity contribution is 0.102. The second-order valence-electron chi connectivity index (χ2n) is 3.74. The van der Waals surface area contributed by atoms with Gasteiger partial charge in [-0.15, -0.1) is 0 Å². The van der Waals surface area contributed by atoms with Crippen LogP contribution in [0.1, 0.15) is 10.4 Å². The van der Waals surface area contributed by atoms with Crippen molar-refractivity contribution in [3.05, 3.63) is 58.1 Å². The third-order valence-corrected chi connectivity index (χ3v) is 2.71. The molecule has 2 aromatic rings. The molecule has 0 radical (unpaired) electrons. The maximum Gasteiger partial charge on any atom is 0.255 e. The number of carbonyl (C=O) groups excluding carboxylic acids is 1.